The van der Waals surface area contributed by atoms with Crippen LogP contribution >= 0.6 is 0 Å². The molecule has 0 aromatic heterocycles. The highest BCUT2D eigenvalue weighted by atomic mass is 16.2. The van der Waals surface area contributed by atoms with Gasteiger partial charge in [0.15, 0.2) is 0 Å². The van der Waals surface area contributed by atoms with Gasteiger partial charge < -0.3 is 10.2 Å². The Morgan fingerprint density at radius 1 is 1.14 bits per heavy atom. The number of piperidine rings is 1. The Morgan fingerprint density at radius 2 is 1.81 bits per heavy atom. The molecule has 0 spiro atoms. The molecule has 3 rings (SSSR count). The molecule has 0 radical (unpaired) electrons. The first-order chi connectivity index (χ1) is 10.3. The second-order valence-electron chi connectivity index (χ2n) is 7.08. The van der Waals surface area contributed by atoms with Crippen molar-refractivity contribution < 1.29 is 4.79 Å². The summed E-state index contributed by atoms with van der Waals surface area (Å²) in [5.74, 6) is 0.387. The van der Waals surface area contributed by atoms with Crippen LogP contribution in [-0.4, -0.2) is 60.0 Å². The average Bonchev–Trinajstić information content (AvgIpc) is 3.10. The summed E-state index contributed by atoms with van der Waals surface area (Å²) < 4.78 is 0. The molecule has 3 heterocycles. The second-order valence-corrected chi connectivity index (χ2v) is 7.08. The average molecular weight is 293 g/mol. The number of likely N-dealkylation sites (tertiary alicyclic amines) is 1. The van der Waals surface area contributed by atoms with E-state index in [0.29, 0.717) is 11.9 Å². The smallest absolute Gasteiger partial charge is 0.223 e. The summed E-state index contributed by atoms with van der Waals surface area (Å²) in [5.41, 5.74) is 0. The first-order valence-electron chi connectivity index (χ1n) is 9.05. The largest absolute Gasteiger partial charge is 0.343 e. The van der Waals surface area contributed by atoms with Gasteiger partial charge in [-0.25, -0.2) is 0 Å². The molecule has 21 heavy (non-hydrogen) atoms. The summed E-state index contributed by atoms with van der Waals surface area (Å²) in [4.78, 5) is 16.9. The zero-order valence-corrected chi connectivity index (χ0v) is 13.5. The van der Waals surface area contributed by atoms with E-state index in [1.165, 1.54) is 44.9 Å². The summed E-state index contributed by atoms with van der Waals surface area (Å²) >= 11 is 0. The number of nitrogens with zero attached hydrogens (tertiary/aromatic N) is 2. The highest BCUT2D eigenvalue weighted by Gasteiger charge is 2.40. The van der Waals surface area contributed by atoms with E-state index in [-0.39, 0.29) is 0 Å². The van der Waals surface area contributed by atoms with E-state index in [1.807, 2.05) is 0 Å². The molecule has 3 aliphatic heterocycles. The lowest BCUT2D eigenvalue weighted by molar-refractivity contribution is -0.130. The second kappa shape index (κ2) is 7.10. The molecule has 1 N–H and O–H groups in total. The van der Waals surface area contributed by atoms with Crippen LogP contribution in [0, 0.1) is 0 Å². The van der Waals surface area contributed by atoms with Crippen LogP contribution in [-0.2, 0) is 4.79 Å². The van der Waals surface area contributed by atoms with Crippen molar-refractivity contribution >= 4 is 5.91 Å². The Labute approximate surface area is 129 Å². The standard InChI is InChI=1S/C17H31N3O/c1-2-8-18-14-12-15-5-6-16(13-14)20(15)11-7-17(21)19-9-3-4-10-19/h14-16,18H,2-13H2,1H3. The number of amides is 1. The minimum absolute atomic E-state index is 0.387. The van der Waals surface area contributed by atoms with E-state index in [2.05, 4.69) is 22.0 Å². The number of nitrogens with one attached hydrogen (secondary N) is 1. The van der Waals surface area contributed by atoms with E-state index in [4.69, 9.17) is 0 Å². The van der Waals surface area contributed by atoms with Crippen LogP contribution in [0.25, 0.3) is 0 Å². The molecule has 2 bridgehead atoms. The van der Waals surface area contributed by atoms with Crippen molar-refractivity contribution in [3.05, 3.63) is 0 Å². The van der Waals surface area contributed by atoms with Crippen LogP contribution in [0.2, 0.25) is 0 Å². The van der Waals surface area contributed by atoms with Crippen molar-refractivity contribution in [3.63, 3.8) is 0 Å². The molecule has 4 nitrogen and oxygen atoms in total. The fourth-order valence-corrected chi connectivity index (χ4v) is 4.50. The highest BCUT2D eigenvalue weighted by molar-refractivity contribution is 5.76. The van der Waals surface area contributed by atoms with Gasteiger partial charge >= 0.3 is 0 Å². The van der Waals surface area contributed by atoms with E-state index in [1.54, 1.807) is 0 Å². The van der Waals surface area contributed by atoms with E-state index in [0.717, 1.165) is 44.7 Å². The SMILES string of the molecule is CCCNC1CC2CCC(C1)N2CCC(=O)N1CCCC1. The lowest BCUT2D eigenvalue weighted by Crippen LogP contribution is -2.50. The molecule has 3 saturated heterocycles. The molecule has 2 atom stereocenters. The van der Waals surface area contributed by atoms with Gasteiger partial charge in [0.1, 0.15) is 0 Å². The minimum atomic E-state index is 0.387. The molecule has 3 aliphatic rings. The Hall–Kier alpha value is -0.610. The maximum Gasteiger partial charge on any atom is 0.223 e. The summed E-state index contributed by atoms with van der Waals surface area (Å²) in [5, 5.41) is 3.70. The van der Waals surface area contributed by atoms with Crippen molar-refractivity contribution in [1.82, 2.24) is 15.1 Å². The van der Waals surface area contributed by atoms with Crippen LogP contribution < -0.4 is 5.32 Å². The van der Waals surface area contributed by atoms with Crippen molar-refractivity contribution in [2.45, 2.75) is 76.4 Å². The predicted molar refractivity (Wildman–Crippen MR) is 85.3 cm³/mol. The Morgan fingerprint density at radius 3 is 2.43 bits per heavy atom. The maximum atomic E-state index is 12.2. The van der Waals surface area contributed by atoms with Gasteiger partial charge in [-0.3, -0.25) is 9.69 Å². The van der Waals surface area contributed by atoms with E-state index < -0.39 is 0 Å². The van der Waals surface area contributed by atoms with Crippen molar-refractivity contribution in [2.75, 3.05) is 26.2 Å². The van der Waals surface area contributed by atoms with Gasteiger partial charge in [-0.15, -0.1) is 0 Å². The normalized spacial score (nSPS) is 32.8. The maximum absolute atomic E-state index is 12.2. The Balaban J connectivity index is 1.45. The summed E-state index contributed by atoms with van der Waals surface area (Å²) in [7, 11) is 0. The van der Waals surface area contributed by atoms with Crippen LogP contribution in [0.3, 0.4) is 0 Å². The topological polar surface area (TPSA) is 35.6 Å². The molecule has 2 unspecified atom stereocenters. The number of rotatable bonds is 6. The number of fused-ring (bicyclic) bond motifs is 2. The molecular formula is C17H31N3O. The molecule has 4 heteroatoms. The quantitative estimate of drug-likeness (QED) is 0.813. The van der Waals surface area contributed by atoms with Crippen LogP contribution in [0.4, 0.5) is 0 Å². The zero-order valence-electron chi connectivity index (χ0n) is 13.5. The lowest BCUT2D eigenvalue weighted by Gasteiger charge is -2.39. The molecule has 0 aromatic rings. The molecule has 1 amide bonds. The van der Waals surface area contributed by atoms with Gasteiger partial charge in [0, 0.05) is 44.2 Å². The Bertz CT molecular complexity index is 340. The number of hydrogen-bond acceptors (Lipinski definition) is 3. The minimum Gasteiger partial charge on any atom is -0.343 e. The van der Waals surface area contributed by atoms with Crippen molar-refractivity contribution in [3.8, 4) is 0 Å². The van der Waals surface area contributed by atoms with Crippen molar-refractivity contribution in [1.29, 1.82) is 0 Å². The summed E-state index contributed by atoms with van der Waals surface area (Å²) in [6.45, 7) is 6.37. The van der Waals surface area contributed by atoms with Gasteiger partial charge in [0.05, 0.1) is 0 Å². The number of carbonyl (C=O) groups excluding carboxylic acids is 1. The molecule has 0 aliphatic carbocycles. The third-order valence-corrected chi connectivity index (χ3v) is 5.61. The molecule has 3 fully saturated rings. The van der Waals surface area contributed by atoms with Crippen LogP contribution in [0.1, 0.15) is 58.3 Å². The third-order valence-electron chi connectivity index (χ3n) is 5.61. The van der Waals surface area contributed by atoms with Gasteiger partial charge in [-0.1, -0.05) is 6.92 Å². The first kappa shape index (κ1) is 15.3. The number of hydrogen-bond donors (Lipinski definition) is 1. The van der Waals surface area contributed by atoms with E-state index in [9.17, 15) is 4.79 Å². The van der Waals surface area contributed by atoms with Gasteiger partial charge in [0.25, 0.3) is 0 Å². The van der Waals surface area contributed by atoms with Crippen LogP contribution in [0.15, 0.2) is 0 Å². The van der Waals surface area contributed by atoms with Gasteiger partial charge in [-0.05, 0) is 51.5 Å². The van der Waals surface area contributed by atoms with E-state index >= 15 is 0 Å². The first-order valence-corrected chi connectivity index (χ1v) is 9.05. The molecule has 0 saturated carbocycles. The van der Waals surface area contributed by atoms with Gasteiger partial charge in [0.2, 0.25) is 5.91 Å². The summed E-state index contributed by atoms with van der Waals surface area (Å²) in [6.07, 6.45) is 9.61. The fourth-order valence-electron chi connectivity index (χ4n) is 4.50. The fraction of sp³-hybridized carbons (Fsp3) is 0.941. The third kappa shape index (κ3) is 3.59. The monoisotopic (exact) mass is 293 g/mol. The van der Waals surface area contributed by atoms with Crippen molar-refractivity contribution in [2.24, 2.45) is 0 Å². The molecule has 120 valence electrons. The Kier molecular flexibility index (Phi) is 5.17. The summed E-state index contributed by atoms with van der Waals surface area (Å²) in [6, 6.07) is 2.17. The predicted octanol–water partition coefficient (Wildman–Crippen LogP) is 1.99. The molecular weight excluding hydrogens is 262 g/mol. The van der Waals surface area contributed by atoms with Crippen LogP contribution in [0.5, 0.6) is 0 Å². The molecule has 0 aromatic carbocycles. The van der Waals surface area contributed by atoms with Gasteiger partial charge in [-0.2, -0.15) is 0 Å². The zero-order chi connectivity index (χ0) is 14.7. The lowest BCUT2D eigenvalue weighted by atomic mass is 9.97. The number of carbonyl (C=O) groups is 1. The highest BCUT2D eigenvalue weighted by Crippen LogP contribution is 2.35.